The van der Waals surface area contributed by atoms with E-state index in [2.05, 4.69) is 5.32 Å². The van der Waals surface area contributed by atoms with Gasteiger partial charge in [0.25, 0.3) is 0 Å². The van der Waals surface area contributed by atoms with Gasteiger partial charge in [0.05, 0.1) is 0 Å². The van der Waals surface area contributed by atoms with E-state index in [1.807, 2.05) is 0 Å². The fourth-order valence-corrected chi connectivity index (χ4v) is 1.30. The van der Waals surface area contributed by atoms with E-state index in [0.717, 1.165) is 0 Å². The summed E-state index contributed by atoms with van der Waals surface area (Å²) in [5.41, 5.74) is 0.567. The molecule has 1 aromatic rings. The molecule has 0 aromatic heterocycles. The van der Waals surface area contributed by atoms with Gasteiger partial charge in [0.2, 0.25) is 0 Å². The molecule has 13 heavy (non-hydrogen) atoms. The Morgan fingerprint density at radius 2 is 2.15 bits per heavy atom. The van der Waals surface area contributed by atoms with Crippen LogP contribution in [0.2, 0.25) is 5.02 Å². The molecule has 0 amide bonds. The fraction of sp³-hybridized carbons (Fsp3) is 0.333. The Hall–Kier alpha value is -0.310. The highest BCUT2D eigenvalue weighted by Gasteiger charge is 2.01. The SMILES string of the molecule is Fc1ccc(Cl)cc1CNCCCl. The summed E-state index contributed by atoms with van der Waals surface area (Å²) >= 11 is 11.2. The second kappa shape index (κ2) is 5.43. The van der Waals surface area contributed by atoms with Crippen LogP contribution >= 0.6 is 23.2 Å². The highest BCUT2D eigenvalue weighted by molar-refractivity contribution is 6.30. The van der Waals surface area contributed by atoms with Gasteiger partial charge < -0.3 is 5.32 Å². The monoisotopic (exact) mass is 221 g/mol. The second-order valence-corrected chi connectivity index (χ2v) is 3.42. The summed E-state index contributed by atoms with van der Waals surface area (Å²) < 4.78 is 13.1. The van der Waals surface area contributed by atoms with Crippen LogP contribution in [0.3, 0.4) is 0 Å². The molecule has 0 heterocycles. The van der Waals surface area contributed by atoms with Crippen LogP contribution in [-0.4, -0.2) is 12.4 Å². The van der Waals surface area contributed by atoms with Gasteiger partial charge in [-0.3, -0.25) is 0 Å². The molecular weight excluding hydrogens is 212 g/mol. The van der Waals surface area contributed by atoms with Gasteiger partial charge in [-0.1, -0.05) is 11.6 Å². The summed E-state index contributed by atoms with van der Waals surface area (Å²) in [4.78, 5) is 0. The Balaban J connectivity index is 2.59. The average molecular weight is 222 g/mol. The summed E-state index contributed by atoms with van der Waals surface area (Å²) in [7, 11) is 0. The van der Waals surface area contributed by atoms with Crippen molar-refractivity contribution in [1.82, 2.24) is 5.32 Å². The van der Waals surface area contributed by atoms with Crippen molar-refractivity contribution in [2.75, 3.05) is 12.4 Å². The van der Waals surface area contributed by atoms with Crippen LogP contribution in [0.4, 0.5) is 4.39 Å². The van der Waals surface area contributed by atoms with E-state index in [-0.39, 0.29) is 5.82 Å². The van der Waals surface area contributed by atoms with Crippen LogP contribution in [0.5, 0.6) is 0 Å². The van der Waals surface area contributed by atoms with Crippen molar-refractivity contribution in [3.63, 3.8) is 0 Å². The molecule has 1 rings (SSSR count). The molecule has 0 atom stereocenters. The lowest BCUT2D eigenvalue weighted by atomic mass is 10.2. The van der Waals surface area contributed by atoms with Gasteiger partial charge in [-0.15, -0.1) is 11.6 Å². The van der Waals surface area contributed by atoms with Crippen LogP contribution in [0, 0.1) is 5.82 Å². The van der Waals surface area contributed by atoms with Crippen molar-refractivity contribution in [3.8, 4) is 0 Å². The number of nitrogens with one attached hydrogen (secondary N) is 1. The zero-order valence-electron chi connectivity index (χ0n) is 6.99. The summed E-state index contributed by atoms with van der Waals surface area (Å²) in [6, 6.07) is 4.50. The first-order valence-electron chi connectivity index (χ1n) is 3.94. The number of hydrogen-bond donors (Lipinski definition) is 1. The quantitative estimate of drug-likeness (QED) is 0.610. The first kappa shape index (κ1) is 10.8. The molecule has 0 unspecified atom stereocenters. The van der Waals surface area contributed by atoms with Crippen molar-refractivity contribution in [2.24, 2.45) is 0 Å². The van der Waals surface area contributed by atoms with E-state index in [4.69, 9.17) is 23.2 Å². The molecule has 0 fully saturated rings. The molecule has 72 valence electrons. The van der Waals surface area contributed by atoms with E-state index in [1.165, 1.54) is 12.1 Å². The van der Waals surface area contributed by atoms with Gasteiger partial charge in [-0.2, -0.15) is 0 Å². The molecule has 0 aliphatic carbocycles. The lowest BCUT2D eigenvalue weighted by Gasteiger charge is -2.04. The van der Waals surface area contributed by atoms with Crippen LogP contribution in [-0.2, 0) is 6.54 Å². The van der Waals surface area contributed by atoms with Crippen molar-refractivity contribution in [3.05, 3.63) is 34.6 Å². The predicted molar refractivity (Wildman–Crippen MR) is 53.8 cm³/mol. The Bertz CT molecular complexity index is 278. The molecule has 0 aliphatic rings. The number of benzene rings is 1. The highest BCUT2D eigenvalue weighted by atomic mass is 35.5. The second-order valence-electron chi connectivity index (χ2n) is 2.60. The molecule has 0 bridgehead atoms. The maximum atomic E-state index is 13.1. The van der Waals surface area contributed by atoms with E-state index in [9.17, 15) is 4.39 Å². The first-order valence-corrected chi connectivity index (χ1v) is 4.86. The summed E-state index contributed by atoms with van der Waals surface area (Å²) in [6.07, 6.45) is 0. The van der Waals surface area contributed by atoms with Crippen molar-refractivity contribution < 1.29 is 4.39 Å². The van der Waals surface area contributed by atoms with Crippen molar-refractivity contribution in [2.45, 2.75) is 6.54 Å². The summed E-state index contributed by atoms with van der Waals surface area (Å²) in [5, 5.41) is 3.53. The molecule has 4 heteroatoms. The Morgan fingerprint density at radius 3 is 2.85 bits per heavy atom. The summed E-state index contributed by atoms with van der Waals surface area (Å²) in [6.45, 7) is 1.12. The highest BCUT2D eigenvalue weighted by Crippen LogP contribution is 2.14. The largest absolute Gasteiger partial charge is 0.311 e. The van der Waals surface area contributed by atoms with Gasteiger partial charge in [0.1, 0.15) is 5.82 Å². The van der Waals surface area contributed by atoms with Gasteiger partial charge in [0, 0.05) is 29.6 Å². The predicted octanol–water partition coefficient (Wildman–Crippen LogP) is 2.81. The van der Waals surface area contributed by atoms with Gasteiger partial charge in [-0.25, -0.2) is 4.39 Å². The van der Waals surface area contributed by atoms with Crippen LogP contribution in [0.25, 0.3) is 0 Å². The molecule has 0 saturated carbocycles. The minimum atomic E-state index is -0.244. The minimum absolute atomic E-state index is 0.244. The topological polar surface area (TPSA) is 12.0 Å². The molecule has 1 nitrogen and oxygen atoms in total. The van der Waals surface area contributed by atoms with E-state index < -0.39 is 0 Å². The molecule has 0 spiro atoms. The lowest BCUT2D eigenvalue weighted by Crippen LogP contribution is -2.16. The summed E-state index contributed by atoms with van der Waals surface area (Å²) in [5.74, 6) is 0.272. The Morgan fingerprint density at radius 1 is 1.38 bits per heavy atom. The van der Waals surface area contributed by atoms with Crippen molar-refractivity contribution in [1.29, 1.82) is 0 Å². The average Bonchev–Trinajstić information content (AvgIpc) is 2.11. The third kappa shape index (κ3) is 3.51. The standard InChI is InChI=1S/C9H10Cl2FN/c10-3-4-13-6-7-5-8(11)1-2-9(7)12/h1-2,5,13H,3-4,6H2. The van der Waals surface area contributed by atoms with Crippen LogP contribution in [0.1, 0.15) is 5.56 Å². The lowest BCUT2D eigenvalue weighted by molar-refractivity contribution is 0.594. The molecule has 0 saturated heterocycles. The maximum absolute atomic E-state index is 13.1. The molecule has 1 aromatic carbocycles. The third-order valence-electron chi connectivity index (χ3n) is 1.59. The van der Waals surface area contributed by atoms with Gasteiger partial charge >= 0.3 is 0 Å². The minimum Gasteiger partial charge on any atom is -0.311 e. The Labute approximate surface area is 86.8 Å². The Kier molecular flexibility index (Phi) is 4.50. The zero-order chi connectivity index (χ0) is 9.68. The van der Waals surface area contributed by atoms with Crippen LogP contribution < -0.4 is 5.32 Å². The van der Waals surface area contributed by atoms with E-state index in [1.54, 1.807) is 6.07 Å². The van der Waals surface area contributed by atoms with Gasteiger partial charge in [-0.05, 0) is 18.2 Å². The van der Waals surface area contributed by atoms with E-state index in [0.29, 0.717) is 29.6 Å². The molecular formula is C9H10Cl2FN. The van der Waals surface area contributed by atoms with Crippen molar-refractivity contribution >= 4 is 23.2 Å². The van der Waals surface area contributed by atoms with Gasteiger partial charge in [0.15, 0.2) is 0 Å². The first-order chi connectivity index (χ1) is 6.24. The third-order valence-corrected chi connectivity index (χ3v) is 2.02. The number of halogens is 3. The maximum Gasteiger partial charge on any atom is 0.127 e. The molecule has 0 radical (unpaired) electrons. The number of hydrogen-bond acceptors (Lipinski definition) is 1. The fourth-order valence-electron chi connectivity index (χ4n) is 0.969. The molecule has 1 N–H and O–H groups in total. The molecule has 0 aliphatic heterocycles. The van der Waals surface area contributed by atoms with E-state index >= 15 is 0 Å². The number of rotatable bonds is 4. The smallest absolute Gasteiger partial charge is 0.127 e. The number of alkyl halides is 1. The zero-order valence-corrected chi connectivity index (χ0v) is 8.50. The van der Waals surface area contributed by atoms with Crippen LogP contribution in [0.15, 0.2) is 18.2 Å². The normalized spacial score (nSPS) is 10.4.